The monoisotopic (exact) mass is 367 g/mol. The number of imidazole rings is 1. The van der Waals surface area contributed by atoms with Crippen LogP contribution in [0.15, 0.2) is 29.4 Å². The van der Waals surface area contributed by atoms with Crippen LogP contribution in [0.4, 0.5) is 0 Å². The van der Waals surface area contributed by atoms with E-state index in [1.807, 2.05) is 38.1 Å². The van der Waals surface area contributed by atoms with E-state index in [0.717, 1.165) is 22.7 Å². The summed E-state index contributed by atoms with van der Waals surface area (Å²) in [6.45, 7) is 4.65. The molecular weight excluding hydrogens is 346 g/mol. The summed E-state index contributed by atoms with van der Waals surface area (Å²) in [5, 5.41) is 3.32. The maximum absolute atomic E-state index is 12.4. The Morgan fingerprint density at radius 3 is 2.88 bits per heavy atom. The average molecular weight is 367 g/mol. The smallest absolute Gasteiger partial charge is 0.233 e. The van der Waals surface area contributed by atoms with Crippen LogP contribution in [0.3, 0.4) is 0 Å². The van der Waals surface area contributed by atoms with Gasteiger partial charge in [-0.15, -0.1) is 0 Å². The van der Waals surface area contributed by atoms with Gasteiger partial charge in [0.25, 0.3) is 0 Å². The van der Waals surface area contributed by atoms with Gasteiger partial charge in [0, 0.05) is 12.6 Å². The second kappa shape index (κ2) is 6.76. The van der Waals surface area contributed by atoms with Gasteiger partial charge in [-0.25, -0.2) is 13.4 Å². The van der Waals surface area contributed by atoms with Crippen LogP contribution in [-0.2, 0) is 21.2 Å². The van der Waals surface area contributed by atoms with Gasteiger partial charge >= 0.3 is 0 Å². The number of rotatable bonds is 5. The number of fused-ring (bicyclic) bond motifs is 1. The normalized spacial score (nSPS) is 21.0. The Labute approximate surface area is 145 Å². The van der Waals surface area contributed by atoms with Gasteiger partial charge in [0.15, 0.2) is 15.0 Å². The molecular formula is C16H21N3O3S2. The number of carbonyl (C=O) groups excluding carboxylic acids is 1. The highest BCUT2D eigenvalue weighted by Gasteiger charge is 2.30. The molecule has 130 valence electrons. The first kappa shape index (κ1) is 17.3. The van der Waals surface area contributed by atoms with Crippen LogP contribution < -0.4 is 5.32 Å². The van der Waals surface area contributed by atoms with Gasteiger partial charge in [-0.1, -0.05) is 23.9 Å². The Hall–Kier alpha value is -1.54. The molecule has 2 unspecified atom stereocenters. The van der Waals surface area contributed by atoms with Crippen molar-refractivity contribution in [3.63, 3.8) is 0 Å². The zero-order valence-corrected chi connectivity index (χ0v) is 15.4. The summed E-state index contributed by atoms with van der Waals surface area (Å²) >= 11 is 1.40. The molecule has 0 bridgehead atoms. The minimum atomic E-state index is -2.99. The topological polar surface area (TPSA) is 81.1 Å². The maximum Gasteiger partial charge on any atom is 0.233 e. The van der Waals surface area contributed by atoms with Crippen LogP contribution in [-0.4, -0.2) is 46.7 Å². The van der Waals surface area contributed by atoms with Gasteiger partial charge in [0.2, 0.25) is 5.91 Å². The number of thioether (sulfide) groups is 1. The third-order valence-corrected chi connectivity index (χ3v) is 7.02. The summed E-state index contributed by atoms with van der Waals surface area (Å²) in [6, 6.07) is 7.63. The quantitative estimate of drug-likeness (QED) is 0.816. The highest BCUT2D eigenvalue weighted by Crippen LogP contribution is 2.27. The van der Waals surface area contributed by atoms with E-state index < -0.39 is 9.84 Å². The van der Waals surface area contributed by atoms with Gasteiger partial charge in [-0.05, 0) is 32.4 Å². The highest BCUT2D eigenvalue weighted by atomic mass is 32.2. The summed E-state index contributed by atoms with van der Waals surface area (Å²) in [7, 11) is -2.99. The third kappa shape index (κ3) is 3.59. The molecule has 0 radical (unpaired) electrons. The largest absolute Gasteiger partial charge is 0.351 e. The lowest BCUT2D eigenvalue weighted by Gasteiger charge is -2.15. The Balaban J connectivity index is 1.70. The van der Waals surface area contributed by atoms with E-state index in [4.69, 9.17) is 0 Å². The van der Waals surface area contributed by atoms with Gasteiger partial charge in [-0.3, -0.25) is 4.79 Å². The number of para-hydroxylation sites is 2. The minimum Gasteiger partial charge on any atom is -0.351 e. The molecule has 0 aliphatic carbocycles. The fourth-order valence-electron chi connectivity index (χ4n) is 2.89. The highest BCUT2D eigenvalue weighted by molar-refractivity contribution is 8.00. The molecule has 2 atom stereocenters. The first-order chi connectivity index (χ1) is 11.4. The summed E-state index contributed by atoms with van der Waals surface area (Å²) in [5.41, 5.74) is 1.97. The predicted octanol–water partition coefficient (Wildman–Crippen LogP) is 1.84. The van der Waals surface area contributed by atoms with Gasteiger partial charge in [0.1, 0.15) is 0 Å². The molecule has 0 spiro atoms. The van der Waals surface area contributed by atoms with E-state index in [9.17, 15) is 13.2 Å². The van der Waals surface area contributed by atoms with Crippen molar-refractivity contribution in [2.24, 2.45) is 0 Å². The lowest BCUT2D eigenvalue weighted by Crippen LogP contribution is -2.40. The number of hydrogen-bond donors (Lipinski definition) is 1. The van der Waals surface area contributed by atoms with E-state index in [1.165, 1.54) is 11.8 Å². The minimum absolute atomic E-state index is 0.0452. The lowest BCUT2D eigenvalue weighted by atomic mass is 10.2. The van der Waals surface area contributed by atoms with Crippen molar-refractivity contribution in [2.45, 2.75) is 43.3 Å². The molecule has 1 aliphatic rings. The maximum atomic E-state index is 12.4. The van der Waals surface area contributed by atoms with E-state index >= 15 is 0 Å². The van der Waals surface area contributed by atoms with Gasteiger partial charge in [0.05, 0.1) is 27.8 Å². The Bertz CT molecular complexity index is 861. The molecule has 2 aromatic rings. The van der Waals surface area contributed by atoms with Crippen molar-refractivity contribution >= 4 is 38.5 Å². The number of benzene rings is 1. The summed E-state index contributed by atoms with van der Waals surface area (Å²) in [6.07, 6.45) is 0.499. The molecule has 6 nitrogen and oxygen atoms in total. The van der Waals surface area contributed by atoms with Crippen molar-refractivity contribution in [1.29, 1.82) is 0 Å². The lowest BCUT2D eigenvalue weighted by molar-refractivity contribution is -0.120. The predicted molar refractivity (Wildman–Crippen MR) is 95.9 cm³/mol. The van der Waals surface area contributed by atoms with Crippen molar-refractivity contribution in [2.75, 3.05) is 11.5 Å². The molecule has 8 heteroatoms. The summed E-state index contributed by atoms with van der Waals surface area (Å²) < 4.78 is 25.1. The molecule has 1 fully saturated rings. The first-order valence-electron chi connectivity index (χ1n) is 8.02. The van der Waals surface area contributed by atoms with Gasteiger partial charge < -0.3 is 9.88 Å². The summed E-state index contributed by atoms with van der Waals surface area (Å²) in [5.74, 6) is 0.0612. The zero-order valence-electron chi connectivity index (χ0n) is 13.7. The third-order valence-electron chi connectivity index (χ3n) is 4.17. The second-order valence-corrected chi connectivity index (χ2v) is 9.53. The number of sulfone groups is 1. The Morgan fingerprint density at radius 1 is 1.46 bits per heavy atom. The van der Waals surface area contributed by atoms with Crippen LogP contribution in [0.1, 0.15) is 20.3 Å². The molecule has 1 saturated heterocycles. The van der Waals surface area contributed by atoms with Crippen LogP contribution in [0, 0.1) is 0 Å². The second-order valence-electron chi connectivity index (χ2n) is 6.00. The number of hydrogen-bond acceptors (Lipinski definition) is 5. The molecule has 3 rings (SSSR count). The average Bonchev–Trinajstić information content (AvgIpc) is 3.06. The van der Waals surface area contributed by atoms with Crippen molar-refractivity contribution < 1.29 is 13.2 Å². The standard InChI is InChI=1S/C16H21N3O3S2/c1-3-19-14-7-5-4-6-13(14)18-16(19)23-11(2)15(20)17-12-8-9-24(21,22)10-12/h4-7,11-12H,3,8-10H2,1-2H3,(H,17,20). The van der Waals surface area contributed by atoms with Crippen LogP contribution in [0.2, 0.25) is 0 Å². The number of nitrogens with one attached hydrogen (secondary N) is 1. The van der Waals surface area contributed by atoms with Gasteiger partial charge in [-0.2, -0.15) is 0 Å². The van der Waals surface area contributed by atoms with Crippen molar-refractivity contribution in [3.8, 4) is 0 Å². The fourth-order valence-corrected chi connectivity index (χ4v) is 5.56. The zero-order chi connectivity index (χ0) is 17.3. The number of aromatic nitrogens is 2. The number of amides is 1. The molecule has 2 heterocycles. The molecule has 1 N–H and O–H groups in total. The number of aryl methyl sites for hydroxylation is 1. The molecule has 0 saturated carbocycles. The van der Waals surface area contributed by atoms with E-state index in [1.54, 1.807) is 0 Å². The SMILES string of the molecule is CCn1c(SC(C)C(=O)NC2CCS(=O)(=O)C2)nc2ccccc21. The Morgan fingerprint density at radius 2 is 2.21 bits per heavy atom. The summed E-state index contributed by atoms with van der Waals surface area (Å²) in [4.78, 5) is 17.0. The number of nitrogens with zero attached hydrogens (tertiary/aromatic N) is 2. The molecule has 1 aliphatic heterocycles. The molecule has 1 aromatic heterocycles. The molecule has 24 heavy (non-hydrogen) atoms. The van der Waals surface area contributed by atoms with Crippen molar-refractivity contribution in [3.05, 3.63) is 24.3 Å². The Kier molecular flexibility index (Phi) is 4.87. The fraction of sp³-hybridized carbons (Fsp3) is 0.500. The number of carbonyl (C=O) groups is 1. The van der Waals surface area contributed by atoms with Crippen LogP contribution >= 0.6 is 11.8 Å². The first-order valence-corrected chi connectivity index (χ1v) is 10.7. The van der Waals surface area contributed by atoms with Crippen LogP contribution in [0.5, 0.6) is 0 Å². The van der Waals surface area contributed by atoms with E-state index in [0.29, 0.717) is 6.42 Å². The van der Waals surface area contributed by atoms with E-state index in [-0.39, 0.29) is 28.7 Å². The molecule has 1 amide bonds. The van der Waals surface area contributed by atoms with Crippen LogP contribution in [0.25, 0.3) is 11.0 Å². The van der Waals surface area contributed by atoms with Crippen molar-refractivity contribution in [1.82, 2.24) is 14.9 Å². The van der Waals surface area contributed by atoms with E-state index in [2.05, 4.69) is 14.9 Å². The molecule has 1 aromatic carbocycles.